The van der Waals surface area contributed by atoms with E-state index in [9.17, 15) is 18.0 Å². The monoisotopic (exact) mass is 318 g/mol. The van der Waals surface area contributed by atoms with Gasteiger partial charge in [0.15, 0.2) is 0 Å². The predicted molar refractivity (Wildman–Crippen MR) is 73.8 cm³/mol. The Hall–Kier alpha value is -1.08. The van der Waals surface area contributed by atoms with Gasteiger partial charge < -0.3 is 4.90 Å². The number of nitrogens with one attached hydrogen (secondary N) is 1. The van der Waals surface area contributed by atoms with Crippen LogP contribution in [-0.2, 0) is 4.79 Å². The highest BCUT2D eigenvalue weighted by Gasteiger charge is 2.53. The molecule has 21 heavy (non-hydrogen) atoms. The van der Waals surface area contributed by atoms with Crippen LogP contribution in [0.3, 0.4) is 0 Å². The lowest BCUT2D eigenvalue weighted by Gasteiger charge is -2.24. The Morgan fingerprint density at radius 3 is 2.67 bits per heavy atom. The lowest BCUT2D eigenvalue weighted by atomic mass is 9.98. The van der Waals surface area contributed by atoms with Crippen LogP contribution in [0.2, 0.25) is 0 Å². The van der Waals surface area contributed by atoms with Gasteiger partial charge in [-0.2, -0.15) is 13.2 Å². The number of alkyl halides is 3. The van der Waals surface area contributed by atoms with Crippen LogP contribution >= 0.6 is 11.3 Å². The number of amides is 1. The molecule has 116 valence electrons. The fourth-order valence-electron chi connectivity index (χ4n) is 3.28. The van der Waals surface area contributed by atoms with E-state index in [0.29, 0.717) is 0 Å². The number of thiophene rings is 1. The van der Waals surface area contributed by atoms with E-state index >= 15 is 0 Å². The van der Waals surface area contributed by atoms with Gasteiger partial charge in [0.2, 0.25) is 5.91 Å². The molecular weight excluding hydrogens is 301 g/mol. The number of hydrogen-bond donors (Lipinski definition) is 1. The first-order valence-electron chi connectivity index (χ1n) is 7.10. The molecule has 1 aliphatic carbocycles. The maximum absolute atomic E-state index is 12.7. The number of halogens is 3. The molecule has 1 spiro atoms. The normalized spacial score (nSPS) is 25.2. The Labute approximate surface area is 125 Å². The second-order valence-electron chi connectivity index (χ2n) is 5.72. The standard InChI is InChI=1S/C14H17F3N2OS/c15-14(16,17)7-8-19-11(10-4-3-9-21-10)18-13(12(19)20)5-1-2-6-13/h3-4,9,11,18H,1-2,5-8H2. The SMILES string of the molecule is O=C1N(CCC(F)(F)F)C(c2cccs2)NC12CCCC2. The molecule has 1 aromatic heterocycles. The Balaban J connectivity index is 1.84. The van der Waals surface area contributed by atoms with Crippen molar-refractivity contribution < 1.29 is 18.0 Å². The minimum Gasteiger partial charge on any atom is -0.320 e. The molecule has 0 radical (unpaired) electrons. The summed E-state index contributed by atoms with van der Waals surface area (Å²) in [4.78, 5) is 14.9. The molecule has 0 bridgehead atoms. The summed E-state index contributed by atoms with van der Waals surface area (Å²) in [7, 11) is 0. The van der Waals surface area contributed by atoms with Crippen LogP contribution < -0.4 is 5.32 Å². The zero-order valence-corrected chi connectivity index (χ0v) is 12.3. The highest BCUT2D eigenvalue weighted by atomic mass is 32.1. The molecule has 1 atom stereocenters. The first-order valence-corrected chi connectivity index (χ1v) is 7.98. The largest absolute Gasteiger partial charge is 0.390 e. The zero-order chi connectivity index (χ0) is 15.1. The number of carbonyl (C=O) groups is 1. The van der Waals surface area contributed by atoms with Gasteiger partial charge in [-0.25, -0.2) is 0 Å². The van der Waals surface area contributed by atoms with Crippen molar-refractivity contribution in [2.75, 3.05) is 6.54 Å². The zero-order valence-electron chi connectivity index (χ0n) is 11.4. The molecule has 3 nitrogen and oxygen atoms in total. The lowest BCUT2D eigenvalue weighted by Crippen LogP contribution is -2.44. The van der Waals surface area contributed by atoms with Crippen LogP contribution in [0.1, 0.15) is 43.1 Å². The van der Waals surface area contributed by atoms with Crippen LogP contribution in [0, 0.1) is 0 Å². The van der Waals surface area contributed by atoms with Gasteiger partial charge in [-0.3, -0.25) is 10.1 Å². The summed E-state index contributed by atoms with van der Waals surface area (Å²) in [5.41, 5.74) is -0.639. The Kier molecular flexibility index (Phi) is 3.73. The number of rotatable bonds is 3. The molecule has 1 amide bonds. The van der Waals surface area contributed by atoms with Crippen molar-refractivity contribution in [1.29, 1.82) is 0 Å². The van der Waals surface area contributed by atoms with Crippen molar-refractivity contribution >= 4 is 17.2 Å². The van der Waals surface area contributed by atoms with E-state index in [1.54, 1.807) is 0 Å². The van der Waals surface area contributed by atoms with Gasteiger partial charge in [0.1, 0.15) is 6.17 Å². The van der Waals surface area contributed by atoms with Crippen LogP contribution in [0.25, 0.3) is 0 Å². The molecular formula is C14H17F3N2OS. The van der Waals surface area contributed by atoms with E-state index in [-0.39, 0.29) is 12.5 Å². The Morgan fingerprint density at radius 2 is 2.10 bits per heavy atom. The second-order valence-corrected chi connectivity index (χ2v) is 6.69. The predicted octanol–water partition coefficient (Wildman–Crippen LogP) is 3.44. The van der Waals surface area contributed by atoms with Crippen LogP contribution in [0.15, 0.2) is 17.5 Å². The molecule has 1 saturated heterocycles. The van der Waals surface area contributed by atoms with Crippen LogP contribution in [0.4, 0.5) is 13.2 Å². The van der Waals surface area contributed by atoms with Gasteiger partial charge in [0.05, 0.1) is 12.0 Å². The Bertz CT molecular complexity index is 509. The first-order chi connectivity index (χ1) is 9.91. The summed E-state index contributed by atoms with van der Waals surface area (Å²) >= 11 is 1.46. The summed E-state index contributed by atoms with van der Waals surface area (Å²) in [5.74, 6) is -0.164. The molecule has 2 heterocycles. The third-order valence-corrected chi connectivity index (χ3v) is 5.23. The van der Waals surface area contributed by atoms with E-state index in [1.165, 1.54) is 16.2 Å². The molecule has 1 unspecified atom stereocenters. The van der Waals surface area contributed by atoms with Crippen molar-refractivity contribution in [3.8, 4) is 0 Å². The van der Waals surface area contributed by atoms with Gasteiger partial charge >= 0.3 is 6.18 Å². The van der Waals surface area contributed by atoms with E-state index < -0.39 is 24.3 Å². The average molecular weight is 318 g/mol. The minimum absolute atomic E-state index is 0.164. The van der Waals surface area contributed by atoms with E-state index in [2.05, 4.69) is 5.32 Å². The third-order valence-electron chi connectivity index (χ3n) is 4.30. The molecule has 0 aromatic carbocycles. The van der Waals surface area contributed by atoms with Gasteiger partial charge in [0.25, 0.3) is 0 Å². The molecule has 7 heteroatoms. The molecule has 2 fully saturated rings. The summed E-state index contributed by atoms with van der Waals surface area (Å²) in [6.07, 6.45) is -2.29. The van der Waals surface area contributed by atoms with Crippen LogP contribution in [0.5, 0.6) is 0 Å². The van der Waals surface area contributed by atoms with Crippen LogP contribution in [-0.4, -0.2) is 29.1 Å². The summed E-state index contributed by atoms with van der Waals surface area (Å²) in [6, 6.07) is 3.72. The fourth-order valence-corrected chi connectivity index (χ4v) is 4.07. The molecule has 1 aliphatic heterocycles. The number of carbonyl (C=O) groups excluding carboxylic acids is 1. The van der Waals surface area contributed by atoms with E-state index in [0.717, 1.165) is 30.6 Å². The molecule has 1 N–H and O–H groups in total. The maximum atomic E-state index is 12.7. The topological polar surface area (TPSA) is 32.3 Å². The van der Waals surface area contributed by atoms with E-state index in [1.807, 2.05) is 17.5 Å². The molecule has 3 rings (SSSR count). The summed E-state index contributed by atoms with van der Waals surface area (Å²) < 4.78 is 37.6. The highest BCUT2D eigenvalue weighted by Crippen LogP contribution is 2.42. The summed E-state index contributed by atoms with van der Waals surface area (Å²) in [5, 5.41) is 5.20. The minimum atomic E-state index is -4.24. The lowest BCUT2D eigenvalue weighted by molar-refractivity contribution is -0.146. The smallest absolute Gasteiger partial charge is 0.320 e. The highest BCUT2D eigenvalue weighted by molar-refractivity contribution is 7.10. The van der Waals surface area contributed by atoms with Crippen molar-refractivity contribution in [2.24, 2.45) is 0 Å². The van der Waals surface area contributed by atoms with Gasteiger partial charge in [-0.15, -0.1) is 11.3 Å². The van der Waals surface area contributed by atoms with Crippen molar-refractivity contribution in [3.05, 3.63) is 22.4 Å². The fraction of sp³-hybridized carbons (Fsp3) is 0.643. The van der Waals surface area contributed by atoms with Gasteiger partial charge in [-0.1, -0.05) is 18.9 Å². The maximum Gasteiger partial charge on any atom is 0.390 e. The average Bonchev–Trinajstić information content (AvgIpc) is 3.12. The number of hydrogen-bond acceptors (Lipinski definition) is 3. The number of nitrogens with zero attached hydrogens (tertiary/aromatic N) is 1. The van der Waals surface area contributed by atoms with Crippen molar-refractivity contribution in [1.82, 2.24) is 10.2 Å². The van der Waals surface area contributed by atoms with Gasteiger partial charge in [-0.05, 0) is 24.3 Å². The van der Waals surface area contributed by atoms with Crippen molar-refractivity contribution in [3.63, 3.8) is 0 Å². The first kappa shape index (κ1) is 14.8. The molecule has 1 aromatic rings. The quantitative estimate of drug-likeness (QED) is 0.926. The molecule has 2 aliphatic rings. The Morgan fingerprint density at radius 1 is 1.38 bits per heavy atom. The second kappa shape index (κ2) is 5.28. The third kappa shape index (κ3) is 2.81. The van der Waals surface area contributed by atoms with E-state index in [4.69, 9.17) is 0 Å². The summed E-state index contributed by atoms with van der Waals surface area (Å²) in [6.45, 7) is -0.278. The van der Waals surface area contributed by atoms with Gasteiger partial charge in [0, 0.05) is 11.4 Å². The molecule has 1 saturated carbocycles. The van der Waals surface area contributed by atoms with Crippen molar-refractivity contribution in [2.45, 2.75) is 50.0 Å².